The molecular weight excluding hydrogens is 811 g/mol. The first-order valence-electron chi connectivity index (χ1n) is 20.7. The van der Waals surface area contributed by atoms with E-state index in [4.69, 9.17) is 0 Å². The fourth-order valence-corrected chi connectivity index (χ4v) is 12.8. The third-order valence-corrected chi connectivity index (χ3v) is 18.0. The van der Waals surface area contributed by atoms with Crippen LogP contribution in [0.25, 0.3) is 0 Å². The van der Waals surface area contributed by atoms with Crippen LogP contribution in [0.4, 0.5) is 0 Å². The molecule has 0 aliphatic heterocycles. The molecule has 0 spiro atoms. The SMILES string of the molecule is CC(C)C1[C-]=CC(C(C)(C)C)=C1.CC1=CC=CC2[CH-]C3(C)C4(C)C=CC=CC4(C)C4(C)C=CC=CC4(C)C3(C)C12C.[Cl-].[Cl-].[Zr+2]=[C](c1ccccc1)c1ccccc1. The summed E-state index contributed by atoms with van der Waals surface area (Å²) in [4.78, 5) is 0. The summed E-state index contributed by atoms with van der Waals surface area (Å²) in [5, 5.41) is 0. The van der Waals surface area contributed by atoms with Gasteiger partial charge in [0.1, 0.15) is 0 Å². The van der Waals surface area contributed by atoms with Crippen molar-refractivity contribution in [1.29, 1.82) is 0 Å². The minimum absolute atomic E-state index is 0. The number of benzene rings is 2. The molecule has 0 N–H and O–H groups in total. The molecule has 9 unspecified atom stereocenters. The van der Waals surface area contributed by atoms with Gasteiger partial charge in [0.2, 0.25) is 0 Å². The molecule has 2 fully saturated rings. The van der Waals surface area contributed by atoms with Crippen LogP contribution in [0.1, 0.15) is 101 Å². The normalized spacial score (nSPS) is 37.4. The van der Waals surface area contributed by atoms with Crippen molar-refractivity contribution in [3.8, 4) is 0 Å². The van der Waals surface area contributed by atoms with Crippen LogP contribution in [0.15, 0.2) is 151 Å². The first-order chi connectivity index (χ1) is 25.7. The Balaban J connectivity index is 0.000000215. The van der Waals surface area contributed by atoms with Crippen molar-refractivity contribution in [1.82, 2.24) is 0 Å². The zero-order valence-electron chi connectivity index (χ0n) is 36.8. The van der Waals surface area contributed by atoms with Crippen LogP contribution in [-0.4, -0.2) is 3.21 Å². The molecule has 8 rings (SSSR count). The Morgan fingerprint density at radius 2 is 1.14 bits per heavy atom. The first-order valence-corrected chi connectivity index (χ1v) is 21.9. The predicted octanol–water partition coefficient (Wildman–Crippen LogP) is 8.06. The van der Waals surface area contributed by atoms with Crippen LogP contribution in [-0.2, 0) is 24.2 Å². The van der Waals surface area contributed by atoms with Crippen LogP contribution in [0.5, 0.6) is 0 Å². The van der Waals surface area contributed by atoms with Gasteiger partial charge in [0.15, 0.2) is 0 Å². The molecule has 9 atom stereocenters. The van der Waals surface area contributed by atoms with Gasteiger partial charge in [-0.3, -0.25) is 6.08 Å². The molecule has 2 saturated carbocycles. The van der Waals surface area contributed by atoms with E-state index in [2.05, 4.69) is 242 Å². The molecule has 0 radical (unpaired) electrons. The minimum atomic E-state index is 0. The molecule has 2 aromatic carbocycles. The maximum absolute atomic E-state index is 3.40. The van der Waals surface area contributed by atoms with Gasteiger partial charge >= 0.3 is 99.2 Å². The molecule has 2 aromatic rings. The van der Waals surface area contributed by atoms with Gasteiger partial charge in [0, 0.05) is 10.8 Å². The van der Waals surface area contributed by atoms with Crippen LogP contribution < -0.4 is 24.8 Å². The van der Waals surface area contributed by atoms with Crippen molar-refractivity contribution in [2.75, 3.05) is 0 Å². The molecule has 0 amide bonds. The Hall–Kier alpha value is -2.31. The van der Waals surface area contributed by atoms with E-state index >= 15 is 0 Å². The van der Waals surface area contributed by atoms with E-state index < -0.39 is 0 Å². The molecule has 0 saturated heterocycles. The van der Waals surface area contributed by atoms with E-state index in [1.54, 1.807) is 0 Å². The summed E-state index contributed by atoms with van der Waals surface area (Å²) in [6.45, 7) is 31.5. The topological polar surface area (TPSA) is 0 Å². The second-order valence-electron chi connectivity index (χ2n) is 19.8. The second-order valence-corrected chi connectivity index (χ2v) is 21.0. The van der Waals surface area contributed by atoms with Crippen molar-refractivity contribution < 1.29 is 49.0 Å². The maximum atomic E-state index is 3.40. The molecule has 302 valence electrons. The Morgan fingerprint density at radius 1 is 0.684 bits per heavy atom. The van der Waals surface area contributed by atoms with E-state index in [1.165, 1.54) is 49.7 Å². The van der Waals surface area contributed by atoms with Crippen molar-refractivity contribution >= 4 is 3.21 Å². The van der Waals surface area contributed by atoms with Crippen molar-refractivity contribution in [3.63, 3.8) is 0 Å². The molecular formula is C54H66Cl2Zr-2. The summed E-state index contributed by atoms with van der Waals surface area (Å²) in [5.74, 6) is 1.68. The van der Waals surface area contributed by atoms with Gasteiger partial charge in [0.25, 0.3) is 0 Å². The summed E-state index contributed by atoms with van der Waals surface area (Å²) in [5.41, 5.74) is 6.11. The van der Waals surface area contributed by atoms with Gasteiger partial charge in [-0.15, -0.1) is 17.4 Å². The van der Waals surface area contributed by atoms with E-state index in [1.807, 2.05) is 0 Å². The van der Waals surface area contributed by atoms with Crippen molar-refractivity contribution in [2.24, 2.45) is 61.1 Å². The third-order valence-electron chi connectivity index (χ3n) is 16.5. The molecule has 6 aliphatic carbocycles. The summed E-state index contributed by atoms with van der Waals surface area (Å²) in [6, 6.07) is 21.1. The fourth-order valence-electron chi connectivity index (χ4n) is 11.9. The van der Waals surface area contributed by atoms with Crippen molar-refractivity contribution in [3.05, 3.63) is 174 Å². The van der Waals surface area contributed by atoms with E-state index in [-0.39, 0.29) is 68.1 Å². The standard InChI is InChI=1S/C29H37.C13H10.C12H19.2ClH.Zr/c1-21-14-13-15-22-20-27(6)25(4)18-10-9-16-23(25,2)24(3)17-11-12-19-26(24,5)29(27,8)28(21,22)7;1-3-7-12(8-4-1)11-13-9-5-2-6-10-13;1-9(2)10-6-7-11(8-10)12(3,4)5;;;/h9-20,22H,1-8H3;1-10H;7-10H,1-5H3;2*1H;/q-1;;-1;;;+2/p-2. The van der Waals surface area contributed by atoms with Gasteiger partial charge in [0.05, 0.1) is 0 Å². The average Bonchev–Trinajstić information content (AvgIpc) is 3.75. The molecule has 3 heteroatoms. The third kappa shape index (κ3) is 6.85. The summed E-state index contributed by atoms with van der Waals surface area (Å²) >= 11 is 1.46. The monoisotopic (exact) mass is 874 g/mol. The summed E-state index contributed by atoms with van der Waals surface area (Å²) in [7, 11) is 0. The number of halogens is 2. The average molecular weight is 877 g/mol. The van der Waals surface area contributed by atoms with Crippen LogP contribution >= 0.6 is 0 Å². The summed E-state index contributed by atoms with van der Waals surface area (Å²) in [6.07, 6.45) is 37.2. The molecule has 6 aliphatic rings. The quantitative estimate of drug-likeness (QED) is 0.274. The Labute approximate surface area is 375 Å². The molecule has 57 heavy (non-hydrogen) atoms. The van der Waals surface area contributed by atoms with Gasteiger partial charge < -0.3 is 31.2 Å². The fraction of sp³-hybridized carbons (Fsp3) is 0.444. The molecule has 0 aromatic heterocycles. The summed E-state index contributed by atoms with van der Waals surface area (Å²) < 4.78 is 1.42. The first kappa shape index (κ1) is 47.4. The molecule has 0 bridgehead atoms. The van der Waals surface area contributed by atoms with Crippen LogP contribution in [0, 0.1) is 73.6 Å². The van der Waals surface area contributed by atoms with E-state index in [0.717, 1.165) is 0 Å². The second kappa shape index (κ2) is 16.6. The van der Waals surface area contributed by atoms with Gasteiger partial charge in [-0.25, -0.2) is 6.08 Å². The molecule has 0 nitrogen and oxygen atoms in total. The molecule has 0 heterocycles. The van der Waals surface area contributed by atoms with Crippen LogP contribution in [0.2, 0.25) is 0 Å². The zero-order valence-corrected chi connectivity index (χ0v) is 40.8. The Bertz CT molecular complexity index is 1990. The zero-order chi connectivity index (χ0) is 40.3. The number of allylic oxidation sites excluding steroid dienone is 16. The van der Waals surface area contributed by atoms with Crippen molar-refractivity contribution in [2.45, 2.75) is 90.0 Å². The predicted molar refractivity (Wildman–Crippen MR) is 234 cm³/mol. The number of hydrogen-bond donors (Lipinski definition) is 0. The van der Waals surface area contributed by atoms with E-state index in [9.17, 15) is 0 Å². The number of rotatable bonds is 3. The number of fused-ring (bicyclic) bond motifs is 8. The van der Waals surface area contributed by atoms with Gasteiger partial charge in [-0.05, 0) is 28.6 Å². The van der Waals surface area contributed by atoms with E-state index in [0.29, 0.717) is 17.8 Å². The Kier molecular flexibility index (Phi) is 13.8. The van der Waals surface area contributed by atoms with Crippen LogP contribution in [0.3, 0.4) is 0 Å². The Morgan fingerprint density at radius 3 is 1.58 bits per heavy atom. The van der Waals surface area contributed by atoms with Gasteiger partial charge in [-0.1, -0.05) is 167 Å². The number of hydrogen-bond acceptors (Lipinski definition) is 0. The van der Waals surface area contributed by atoms with Gasteiger partial charge in [-0.2, -0.15) is 11.6 Å².